The molecule has 3 rings (SSSR count). The van der Waals surface area contributed by atoms with E-state index in [0.29, 0.717) is 31.7 Å². The fourth-order valence-electron chi connectivity index (χ4n) is 3.46. The molecule has 2 N–H and O–H groups in total. The summed E-state index contributed by atoms with van der Waals surface area (Å²) in [6.07, 6.45) is -1.09. The first-order valence-corrected chi connectivity index (χ1v) is 11.7. The largest absolute Gasteiger partial charge is 0.466 e. The Morgan fingerprint density at radius 3 is 2.51 bits per heavy atom. The Balaban J connectivity index is 1.75. The van der Waals surface area contributed by atoms with Crippen LogP contribution in [0.3, 0.4) is 0 Å². The van der Waals surface area contributed by atoms with Gasteiger partial charge < -0.3 is 25.0 Å². The number of benzene rings is 1. The molecule has 2 amide bonds. The Kier molecular flexibility index (Phi) is 9.56. The highest BCUT2D eigenvalue weighted by Crippen LogP contribution is 2.23. The van der Waals surface area contributed by atoms with Crippen molar-refractivity contribution >= 4 is 35.5 Å². The lowest BCUT2D eigenvalue weighted by Crippen LogP contribution is -2.49. The van der Waals surface area contributed by atoms with Crippen LogP contribution in [-0.4, -0.2) is 72.7 Å². The number of carbonyl (C=O) groups is 4. The molecule has 11 heteroatoms. The van der Waals surface area contributed by atoms with Gasteiger partial charge in [0, 0.05) is 32.6 Å². The minimum atomic E-state index is -1.28. The summed E-state index contributed by atoms with van der Waals surface area (Å²) in [4.78, 5) is 55.5. The van der Waals surface area contributed by atoms with Gasteiger partial charge in [0.1, 0.15) is 16.9 Å². The van der Waals surface area contributed by atoms with Crippen molar-refractivity contribution in [1.29, 1.82) is 0 Å². The predicted octanol–water partition coefficient (Wildman–Crippen LogP) is 2.41. The van der Waals surface area contributed by atoms with Gasteiger partial charge in [-0.2, -0.15) is 0 Å². The van der Waals surface area contributed by atoms with Crippen molar-refractivity contribution in [3.8, 4) is 11.1 Å². The van der Waals surface area contributed by atoms with Gasteiger partial charge in [-0.15, -0.1) is 0 Å². The van der Waals surface area contributed by atoms with E-state index in [1.54, 1.807) is 13.0 Å². The molecule has 1 aromatic carbocycles. The van der Waals surface area contributed by atoms with Crippen molar-refractivity contribution in [3.63, 3.8) is 0 Å². The molecule has 1 aliphatic heterocycles. The second kappa shape index (κ2) is 12.8. The number of halogens is 1. The standard InChI is InChI=1S/C24H27ClN4O6/c1-2-34-21(30)9-8-18(23(32)35-24(33)29-12-10-26-11-13-29)28-22(31)19-14-17(15-20(25)27-19)16-6-4-3-5-7-16/h3-7,14-15,18,26H,2,8-13H2,1H3,(H,28,31). The molecule has 0 saturated carbocycles. The average molecular weight is 503 g/mol. The second-order valence-corrected chi connectivity index (χ2v) is 8.11. The fraction of sp³-hybridized carbons (Fsp3) is 0.375. The van der Waals surface area contributed by atoms with Crippen LogP contribution in [0.2, 0.25) is 5.15 Å². The zero-order chi connectivity index (χ0) is 25.2. The van der Waals surface area contributed by atoms with Crippen molar-refractivity contribution < 1.29 is 28.7 Å². The molecule has 2 aromatic rings. The number of esters is 2. The number of rotatable bonds is 8. The van der Waals surface area contributed by atoms with E-state index in [-0.39, 0.29) is 30.3 Å². The van der Waals surface area contributed by atoms with Crippen LogP contribution in [0.15, 0.2) is 42.5 Å². The van der Waals surface area contributed by atoms with Crippen molar-refractivity contribution in [1.82, 2.24) is 20.5 Å². The van der Waals surface area contributed by atoms with Crippen molar-refractivity contribution in [2.75, 3.05) is 32.8 Å². The predicted molar refractivity (Wildman–Crippen MR) is 128 cm³/mol. The summed E-state index contributed by atoms with van der Waals surface area (Å²) < 4.78 is 9.91. The third-order valence-corrected chi connectivity index (χ3v) is 5.42. The van der Waals surface area contributed by atoms with Gasteiger partial charge in [-0.25, -0.2) is 14.6 Å². The Hall–Kier alpha value is -3.50. The van der Waals surface area contributed by atoms with Gasteiger partial charge in [0.25, 0.3) is 5.91 Å². The van der Waals surface area contributed by atoms with E-state index in [4.69, 9.17) is 21.1 Å². The van der Waals surface area contributed by atoms with Gasteiger partial charge in [-0.05, 0) is 36.6 Å². The van der Waals surface area contributed by atoms with E-state index in [9.17, 15) is 19.2 Å². The van der Waals surface area contributed by atoms with Crippen LogP contribution in [0.25, 0.3) is 11.1 Å². The number of amides is 2. The number of nitrogens with zero attached hydrogens (tertiary/aromatic N) is 2. The summed E-state index contributed by atoms with van der Waals surface area (Å²) in [7, 11) is 0. The van der Waals surface area contributed by atoms with Crippen LogP contribution in [0.1, 0.15) is 30.3 Å². The number of hydrogen-bond acceptors (Lipinski definition) is 8. The summed E-state index contributed by atoms with van der Waals surface area (Å²) in [5.41, 5.74) is 1.46. The van der Waals surface area contributed by atoms with E-state index in [2.05, 4.69) is 15.6 Å². The Labute approximate surface area is 207 Å². The maximum Gasteiger partial charge on any atom is 0.417 e. The van der Waals surface area contributed by atoms with Gasteiger partial charge in [0.05, 0.1) is 6.61 Å². The number of aromatic nitrogens is 1. The Morgan fingerprint density at radius 1 is 1.11 bits per heavy atom. The lowest BCUT2D eigenvalue weighted by Gasteiger charge is -2.26. The van der Waals surface area contributed by atoms with Crippen LogP contribution in [0.4, 0.5) is 4.79 Å². The van der Waals surface area contributed by atoms with Crippen LogP contribution >= 0.6 is 11.6 Å². The summed E-state index contributed by atoms with van der Waals surface area (Å²) >= 11 is 6.14. The number of hydrogen-bond donors (Lipinski definition) is 2. The third kappa shape index (κ3) is 7.76. The molecule has 0 spiro atoms. The molecule has 0 radical (unpaired) electrons. The quantitative estimate of drug-likeness (QED) is 0.320. The van der Waals surface area contributed by atoms with E-state index in [1.807, 2.05) is 30.3 Å². The van der Waals surface area contributed by atoms with Crippen LogP contribution in [0.5, 0.6) is 0 Å². The molecule has 10 nitrogen and oxygen atoms in total. The highest BCUT2D eigenvalue weighted by molar-refractivity contribution is 6.29. The van der Waals surface area contributed by atoms with Gasteiger partial charge >= 0.3 is 18.0 Å². The number of pyridine rings is 1. The fourth-order valence-corrected chi connectivity index (χ4v) is 3.66. The van der Waals surface area contributed by atoms with E-state index in [1.165, 1.54) is 11.0 Å². The molecule has 2 heterocycles. The highest BCUT2D eigenvalue weighted by atomic mass is 35.5. The summed E-state index contributed by atoms with van der Waals surface area (Å²) in [5.74, 6) is -2.22. The molecule has 0 aliphatic carbocycles. The highest BCUT2D eigenvalue weighted by Gasteiger charge is 2.29. The van der Waals surface area contributed by atoms with Crippen LogP contribution in [-0.2, 0) is 19.1 Å². The molecular weight excluding hydrogens is 476 g/mol. The molecule has 1 atom stereocenters. The monoisotopic (exact) mass is 502 g/mol. The molecule has 1 fully saturated rings. The zero-order valence-electron chi connectivity index (χ0n) is 19.3. The van der Waals surface area contributed by atoms with Gasteiger partial charge in [-0.1, -0.05) is 41.9 Å². The molecule has 186 valence electrons. The first-order chi connectivity index (χ1) is 16.9. The second-order valence-electron chi connectivity index (χ2n) is 7.72. The van der Waals surface area contributed by atoms with Crippen molar-refractivity contribution in [2.45, 2.75) is 25.8 Å². The minimum absolute atomic E-state index is 0.0290. The normalized spacial score (nSPS) is 14.1. The lowest BCUT2D eigenvalue weighted by molar-refractivity contribution is -0.144. The van der Waals surface area contributed by atoms with E-state index >= 15 is 0 Å². The van der Waals surface area contributed by atoms with Crippen molar-refractivity contribution in [2.24, 2.45) is 0 Å². The number of piperazine rings is 1. The SMILES string of the molecule is CCOC(=O)CCC(NC(=O)c1cc(-c2ccccc2)cc(Cl)n1)C(=O)OC(=O)N1CCNCC1. The summed E-state index contributed by atoms with van der Waals surface area (Å²) in [6.45, 7) is 3.78. The Morgan fingerprint density at radius 2 is 1.83 bits per heavy atom. The maximum atomic E-state index is 13.0. The lowest BCUT2D eigenvalue weighted by atomic mass is 10.1. The Bertz CT molecular complexity index is 1060. The molecule has 1 saturated heterocycles. The van der Waals surface area contributed by atoms with Gasteiger partial charge in [0.2, 0.25) is 0 Å². The number of carbonyl (C=O) groups excluding carboxylic acids is 4. The van der Waals surface area contributed by atoms with Gasteiger partial charge in [0.15, 0.2) is 0 Å². The molecule has 0 bridgehead atoms. The maximum absolute atomic E-state index is 13.0. The van der Waals surface area contributed by atoms with E-state index in [0.717, 1.165) is 5.56 Å². The summed E-state index contributed by atoms with van der Waals surface area (Å²) in [6, 6.07) is 11.1. The molecule has 1 unspecified atom stereocenters. The number of nitrogens with one attached hydrogen (secondary N) is 2. The van der Waals surface area contributed by atoms with Gasteiger partial charge in [-0.3, -0.25) is 9.59 Å². The van der Waals surface area contributed by atoms with E-state index < -0.39 is 30.0 Å². The van der Waals surface area contributed by atoms with Crippen LogP contribution < -0.4 is 10.6 Å². The average Bonchev–Trinajstić information content (AvgIpc) is 2.87. The first-order valence-electron chi connectivity index (χ1n) is 11.3. The first kappa shape index (κ1) is 26.1. The molecule has 1 aliphatic rings. The van der Waals surface area contributed by atoms with Crippen molar-refractivity contribution in [3.05, 3.63) is 53.3 Å². The minimum Gasteiger partial charge on any atom is -0.466 e. The van der Waals surface area contributed by atoms with Crippen LogP contribution in [0, 0.1) is 0 Å². The molecular formula is C24H27ClN4O6. The molecule has 35 heavy (non-hydrogen) atoms. The topological polar surface area (TPSA) is 127 Å². The number of ether oxygens (including phenoxy) is 2. The zero-order valence-corrected chi connectivity index (χ0v) is 20.0. The third-order valence-electron chi connectivity index (χ3n) is 5.23. The smallest absolute Gasteiger partial charge is 0.417 e. The summed E-state index contributed by atoms with van der Waals surface area (Å²) in [5, 5.41) is 5.71. The molecule has 1 aromatic heterocycles.